The summed E-state index contributed by atoms with van der Waals surface area (Å²) >= 11 is 2.01. The van der Waals surface area contributed by atoms with E-state index < -0.39 is 5.60 Å². The first-order chi connectivity index (χ1) is 6.92. The molecule has 1 aromatic heterocycles. The third-order valence-electron chi connectivity index (χ3n) is 2.35. The number of nitrogens with one attached hydrogen (secondary N) is 1. The van der Waals surface area contributed by atoms with Crippen molar-refractivity contribution in [1.29, 1.82) is 0 Å². The number of hydrogen-bond acceptors (Lipinski definition) is 3. The molecule has 0 amide bonds. The van der Waals surface area contributed by atoms with Crippen LogP contribution in [0.4, 0.5) is 0 Å². The Hall–Kier alpha value is -0.430. The van der Waals surface area contributed by atoms with Crippen molar-refractivity contribution in [2.24, 2.45) is 0 Å². The third-order valence-corrected chi connectivity index (χ3v) is 3.46. The zero-order valence-electron chi connectivity index (χ0n) is 9.35. The fraction of sp³-hybridized carbons (Fsp3) is 0.600. The maximum atomic E-state index is 11.6. The Kier molecular flexibility index (Phi) is 3.88. The van der Waals surface area contributed by atoms with Gasteiger partial charge in [-0.2, -0.15) is 0 Å². The molecule has 15 heavy (non-hydrogen) atoms. The molecule has 1 heterocycles. The van der Waals surface area contributed by atoms with E-state index in [1.165, 1.54) is 0 Å². The number of rotatable bonds is 3. The summed E-state index contributed by atoms with van der Waals surface area (Å²) in [6, 6.07) is 0. The van der Waals surface area contributed by atoms with Gasteiger partial charge in [-0.1, -0.05) is 6.92 Å². The highest BCUT2D eigenvalue weighted by molar-refractivity contribution is 14.1. The van der Waals surface area contributed by atoms with Gasteiger partial charge in [-0.05, 0) is 42.9 Å². The Bertz CT molecular complexity index is 412. The molecular weight excluding hydrogens is 307 g/mol. The van der Waals surface area contributed by atoms with Crippen LogP contribution in [0.1, 0.15) is 32.3 Å². The van der Waals surface area contributed by atoms with Crippen molar-refractivity contribution < 1.29 is 4.74 Å². The normalized spacial score (nSPS) is 11.8. The average molecular weight is 322 g/mol. The van der Waals surface area contributed by atoms with Gasteiger partial charge in [-0.3, -0.25) is 4.79 Å². The molecule has 0 aromatic carbocycles. The second kappa shape index (κ2) is 4.61. The lowest BCUT2D eigenvalue weighted by atomic mass is 10.1. The van der Waals surface area contributed by atoms with Crippen molar-refractivity contribution in [2.75, 3.05) is 7.11 Å². The zero-order valence-corrected chi connectivity index (χ0v) is 11.5. The number of hydrogen-bond donors (Lipinski definition) is 1. The molecule has 0 aliphatic heterocycles. The molecule has 0 bridgehead atoms. The highest BCUT2D eigenvalue weighted by Crippen LogP contribution is 2.19. The molecule has 0 saturated heterocycles. The second-order valence-corrected chi connectivity index (χ2v) is 4.82. The lowest BCUT2D eigenvalue weighted by Crippen LogP contribution is -2.29. The number of H-pyrrole nitrogens is 1. The number of ether oxygens (including phenoxy) is 1. The highest BCUT2D eigenvalue weighted by Gasteiger charge is 2.23. The molecule has 0 unspecified atom stereocenters. The summed E-state index contributed by atoms with van der Waals surface area (Å²) in [6.07, 6.45) is 0.745. The van der Waals surface area contributed by atoms with Gasteiger partial charge in [0.05, 0.1) is 9.26 Å². The van der Waals surface area contributed by atoms with Crippen molar-refractivity contribution in [3.63, 3.8) is 0 Å². The van der Waals surface area contributed by atoms with Gasteiger partial charge in [-0.25, -0.2) is 4.98 Å². The SMILES string of the molecule is CCc1nc(C(C)(C)OC)[nH]c(=O)c1I. The summed E-state index contributed by atoms with van der Waals surface area (Å²) in [7, 11) is 1.60. The Balaban J connectivity index is 3.35. The van der Waals surface area contributed by atoms with E-state index in [4.69, 9.17) is 4.74 Å². The molecule has 0 radical (unpaired) electrons. The van der Waals surface area contributed by atoms with E-state index in [1.54, 1.807) is 7.11 Å². The van der Waals surface area contributed by atoms with Crippen LogP contribution in [-0.4, -0.2) is 17.1 Å². The van der Waals surface area contributed by atoms with Gasteiger partial charge in [0.2, 0.25) is 0 Å². The number of methoxy groups -OCH3 is 1. The standard InChI is InChI=1S/C10H15IN2O2/c1-5-6-7(11)8(14)13-9(12-6)10(2,3)15-4/h5H2,1-4H3,(H,12,13,14). The highest BCUT2D eigenvalue weighted by atomic mass is 127. The predicted octanol–water partition coefficient (Wildman–Crippen LogP) is 1.82. The van der Waals surface area contributed by atoms with Crippen molar-refractivity contribution in [3.05, 3.63) is 25.4 Å². The molecule has 1 aromatic rings. The van der Waals surface area contributed by atoms with Crippen molar-refractivity contribution >= 4 is 22.6 Å². The quantitative estimate of drug-likeness (QED) is 0.864. The van der Waals surface area contributed by atoms with E-state index in [2.05, 4.69) is 9.97 Å². The minimum atomic E-state index is -0.562. The Labute approximate surface area is 103 Å². The minimum absolute atomic E-state index is 0.0948. The molecule has 84 valence electrons. The van der Waals surface area contributed by atoms with Crippen molar-refractivity contribution in [3.8, 4) is 0 Å². The van der Waals surface area contributed by atoms with Crippen LogP contribution in [0.15, 0.2) is 4.79 Å². The summed E-state index contributed by atoms with van der Waals surface area (Å²) in [5.41, 5.74) is 0.162. The summed E-state index contributed by atoms with van der Waals surface area (Å²) in [6.45, 7) is 5.72. The largest absolute Gasteiger partial charge is 0.371 e. The van der Waals surface area contributed by atoms with Gasteiger partial charge in [0.15, 0.2) is 0 Å². The lowest BCUT2D eigenvalue weighted by Gasteiger charge is -2.22. The van der Waals surface area contributed by atoms with Crippen LogP contribution in [0.3, 0.4) is 0 Å². The Morgan fingerprint density at radius 1 is 1.53 bits per heavy atom. The van der Waals surface area contributed by atoms with E-state index in [9.17, 15) is 4.79 Å². The molecule has 1 rings (SSSR count). The Morgan fingerprint density at radius 3 is 2.60 bits per heavy atom. The molecule has 0 aliphatic carbocycles. The minimum Gasteiger partial charge on any atom is -0.371 e. The van der Waals surface area contributed by atoms with Crippen LogP contribution < -0.4 is 5.56 Å². The van der Waals surface area contributed by atoms with Crippen molar-refractivity contribution in [2.45, 2.75) is 32.8 Å². The molecular formula is C10H15IN2O2. The molecule has 1 N–H and O–H groups in total. The number of halogens is 1. The van der Waals surface area contributed by atoms with Crippen LogP contribution in [0.2, 0.25) is 0 Å². The van der Waals surface area contributed by atoms with Crippen LogP contribution >= 0.6 is 22.6 Å². The van der Waals surface area contributed by atoms with E-state index in [-0.39, 0.29) is 5.56 Å². The zero-order chi connectivity index (χ0) is 11.6. The lowest BCUT2D eigenvalue weighted by molar-refractivity contribution is 0.0110. The molecule has 0 atom stereocenters. The molecule has 4 nitrogen and oxygen atoms in total. The molecule has 0 aliphatic rings. The van der Waals surface area contributed by atoms with Gasteiger partial charge in [0, 0.05) is 7.11 Å². The van der Waals surface area contributed by atoms with Gasteiger partial charge in [0.1, 0.15) is 11.4 Å². The summed E-state index contributed by atoms with van der Waals surface area (Å²) in [4.78, 5) is 18.8. The van der Waals surface area contributed by atoms with Gasteiger partial charge in [0.25, 0.3) is 5.56 Å². The maximum absolute atomic E-state index is 11.6. The molecule has 0 spiro atoms. The van der Waals surface area contributed by atoms with Gasteiger partial charge >= 0.3 is 0 Å². The van der Waals surface area contributed by atoms with E-state index in [1.807, 2.05) is 43.4 Å². The maximum Gasteiger partial charge on any atom is 0.264 e. The fourth-order valence-electron chi connectivity index (χ4n) is 1.12. The fourth-order valence-corrected chi connectivity index (χ4v) is 1.76. The Morgan fingerprint density at radius 2 is 2.13 bits per heavy atom. The summed E-state index contributed by atoms with van der Waals surface area (Å²) < 4.78 is 5.94. The number of aryl methyl sites for hydroxylation is 1. The first-order valence-corrected chi connectivity index (χ1v) is 5.84. The number of aromatic amines is 1. The van der Waals surface area contributed by atoms with E-state index >= 15 is 0 Å². The number of aromatic nitrogens is 2. The molecule has 5 heteroatoms. The second-order valence-electron chi connectivity index (χ2n) is 3.74. The first kappa shape index (κ1) is 12.6. The number of nitrogens with zero attached hydrogens (tertiary/aromatic N) is 1. The summed E-state index contributed by atoms with van der Waals surface area (Å²) in [5, 5.41) is 0. The first-order valence-electron chi connectivity index (χ1n) is 4.76. The predicted molar refractivity (Wildman–Crippen MR) is 67.0 cm³/mol. The van der Waals surface area contributed by atoms with Crippen LogP contribution in [0, 0.1) is 3.57 Å². The van der Waals surface area contributed by atoms with Crippen LogP contribution in [0.25, 0.3) is 0 Å². The molecule has 0 fully saturated rings. The van der Waals surface area contributed by atoms with E-state index in [0.29, 0.717) is 9.39 Å². The van der Waals surface area contributed by atoms with Crippen LogP contribution in [0.5, 0.6) is 0 Å². The van der Waals surface area contributed by atoms with Gasteiger partial charge < -0.3 is 9.72 Å². The average Bonchev–Trinajstić information content (AvgIpc) is 2.21. The smallest absolute Gasteiger partial charge is 0.264 e. The van der Waals surface area contributed by atoms with Crippen molar-refractivity contribution in [1.82, 2.24) is 9.97 Å². The van der Waals surface area contributed by atoms with E-state index in [0.717, 1.165) is 12.1 Å². The third kappa shape index (κ3) is 2.57. The van der Waals surface area contributed by atoms with Crippen LogP contribution in [-0.2, 0) is 16.8 Å². The van der Waals surface area contributed by atoms with Gasteiger partial charge in [-0.15, -0.1) is 0 Å². The molecule has 0 saturated carbocycles. The monoisotopic (exact) mass is 322 g/mol. The topological polar surface area (TPSA) is 55.0 Å². The summed E-state index contributed by atoms with van der Waals surface area (Å²) in [5.74, 6) is 0.576.